The number of nitrogens with one attached hydrogen (secondary N) is 1. The summed E-state index contributed by atoms with van der Waals surface area (Å²) in [7, 11) is 0. The minimum atomic E-state index is -1.00. The molecule has 104 valence electrons. The molecule has 0 heterocycles. The van der Waals surface area contributed by atoms with E-state index < -0.39 is 12.1 Å². The van der Waals surface area contributed by atoms with Gasteiger partial charge in [0.25, 0.3) is 0 Å². The third kappa shape index (κ3) is 4.10. The fraction of sp³-hybridized carbons (Fsp3) is 0.188. The Bertz CT molecular complexity index is 552. The van der Waals surface area contributed by atoms with Crippen molar-refractivity contribution >= 4 is 11.7 Å². The van der Waals surface area contributed by atoms with E-state index in [0.29, 0.717) is 0 Å². The Morgan fingerprint density at radius 3 is 2.20 bits per heavy atom. The van der Waals surface area contributed by atoms with Crippen molar-refractivity contribution in [2.75, 3.05) is 11.9 Å². The maximum absolute atomic E-state index is 10.4. The quantitative estimate of drug-likeness (QED) is 0.755. The summed E-state index contributed by atoms with van der Waals surface area (Å²) in [5, 5.41) is 21.0. The molecule has 0 radical (unpaired) electrons. The molecule has 0 amide bonds. The normalized spacial score (nSPS) is 11.8. The molecule has 0 bridgehead atoms. The summed E-state index contributed by atoms with van der Waals surface area (Å²) < 4.78 is 0. The van der Waals surface area contributed by atoms with Gasteiger partial charge in [0, 0.05) is 12.2 Å². The van der Waals surface area contributed by atoms with Crippen LogP contribution in [0.1, 0.15) is 6.42 Å². The molecule has 4 nitrogen and oxygen atoms in total. The topological polar surface area (TPSA) is 69.6 Å². The summed E-state index contributed by atoms with van der Waals surface area (Å²) in [6, 6.07) is 17.8. The summed E-state index contributed by atoms with van der Waals surface area (Å²) in [6.45, 7) is 0.219. The Hall–Kier alpha value is -2.33. The van der Waals surface area contributed by atoms with Gasteiger partial charge in [0.05, 0.1) is 12.5 Å². The fourth-order valence-electron chi connectivity index (χ4n) is 1.92. The van der Waals surface area contributed by atoms with E-state index in [2.05, 4.69) is 5.32 Å². The van der Waals surface area contributed by atoms with Crippen LogP contribution in [0.15, 0.2) is 54.6 Å². The molecule has 1 atom stereocenters. The standard InChI is InChI=1S/C16H17NO3/c18-15(10-16(19)20)11-17-14-8-6-13(7-9-14)12-4-2-1-3-5-12/h1-9,15,17-18H,10-11H2,(H,19,20). The van der Waals surface area contributed by atoms with Gasteiger partial charge in [-0.3, -0.25) is 4.79 Å². The second-order valence-electron chi connectivity index (χ2n) is 4.58. The van der Waals surface area contributed by atoms with Gasteiger partial charge in [-0.25, -0.2) is 0 Å². The van der Waals surface area contributed by atoms with Gasteiger partial charge >= 0.3 is 5.97 Å². The van der Waals surface area contributed by atoms with E-state index in [1.165, 1.54) is 0 Å². The fourth-order valence-corrected chi connectivity index (χ4v) is 1.92. The monoisotopic (exact) mass is 271 g/mol. The first kappa shape index (κ1) is 14.1. The third-order valence-corrected chi connectivity index (χ3v) is 2.94. The molecular formula is C16H17NO3. The zero-order chi connectivity index (χ0) is 14.4. The van der Waals surface area contributed by atoms with Gasteiger partial charge < -0.3 is 15.5 Å². The van der Waals surface area contributed by atoms with E-state index in [9.17, 15) is 9.90 Å². The minimum absolute atomic E-state index is 0.219. The molecule has 2 aromatic rings. The lowest BCUT2D eigenvalue weighted by atomic mass is 10.1. The van der Waals surface area contributed by atoms with E-state index in [1.807, 2.05) is 54.6 Å². The van der Waals surface area contributed by atoms with E-state index in [0.717, 1.165) is 16.8 Å². The first-order valence-electron chi connectivity index (χ1n) is 6.44. The number of hydrogen-bond donors (Lipinski definition) is 3. The predicted octanol–water partition coefficient (Wildman–Crippen LogP) is 2.60. The molecule has 0 saturated heterocycles. The van der Waals surface area contributed by atoms with Crippen molar-refractivity contribution in [1.29, 1.82) is 0 Å². The number of rotatable bonds is 6. The summed E-state index contributed by atoms with van der Waals surface area (Å²) in [6.07, 6.45) is -1.14. The molecule has 0 spiro atoms. The highest BCUT2D eigenvalue weighted by Crippen LogP contribution is 2.20. The first-order chi connectivity index (χ1) is 9.65. The lowest BCUT2D eigenvalue weighted by molar-refractivity contribution is -0.138. The van der Waals surface area contributed by atoms with Gasteiger partial charge in [0.2, 0.25) is 0 Å². The van der Waals surface area contributed by atoms with Crippen molar-refractivity contribution in [2.45, 2.75) is 12.5 Å². The summed E-state index contributed by atoms with van der Waals surface area (Å²) in [4.78, 5) is 10.4. The Labute approximate surface area is 117 Å². The molecule has 4 heteroatoms. The lowest BCUT2D eigenvalue weighted by Gasteiger charge is -2.11. The number of benzene rings is 2. The van der Waals surface area contributed by atoms with Crippen LogP contribution >= 0.6 is 0 Å². The van der Waals surface area contributed by atoms with Crippen molar-refractivity contribution in [2.24, 2.45) is 0 Å². The molecule has 0 aliphatic rings. The number of hydrogen-bond acceptors (Lipinski definition) is 3. The second kappa shape index (κ2) is 6.73. The zero-order valence-corrected chi connectivity index (χ0v) is 11.0. The van der Waals surface area contributed by atoms with Crippen LogP contribution in [0.4, 0.5) is 5.69 Å². The minimum Gasteiger partial charge on any atom is -0.481 e. The third-order valence-electron chi connectivity index (χ3n) is 2.94. The van der Waals surface area contributed by atoms with Crippen molar-refractivity contribution < 1.29 is 15.0 Å². The van der Waals surface area contributed by atoms with Gasteiger partial charge in [0.15, 0.2) is 0 Å². The smallest absolute Gasteiger partial charge is 0.306 e. The number of carbonyl (C=O) groups is 1. The van der Waals surface area contributed by atoms with E-state index in [1.54, 1.807) is 0 Å². The first-order valence-corrected chi connectivity index (χ1v) is 6.44. The van der Waals surface area contributed by atoms with Crippen LogP contribution in [-0.4, -0.2) is 28.8 Å². The number of anilines is 1. The summed E-state index contributed by atoms with van der Waals surface area (Å²) in [5.41, 5.74) is 3.11. The Kier molecular flexibility index (Phi) is 4.74. The van der Waals surface area contributed by atoms with Crippen LogP contribution in [0, 0.1) is 0 Å². The maximum atomic E-state index is 10.4. The molecule has 0 aliphatic heterocycles. The molecule has 2 rings (SSSR count). The van der Waals surface area contributed by atoms with Gasteiger partial charge in [-0.2, -0.15) is 0 Å². The molecule has 0 aromatic heterocycles. The van der Waals surface area contributed by atoms with Gasteiger partial charge in [-0.15, -0.1) is 0 Å². The predicted molar refractivity (Wildman–Crippen MR) is 78.6 cm³/mol. The number of aliphatic hydroxyl groups excluding tert-OH is 1. The van der Waals surface area contributed by atoms with Crippen molar-refractivity contribution in [3.8, 4) is 11.1 Å². The molecule has 2 aromatic carbocycles. The van der Waals surface area contributed by atoms with E-state index in [4.69, 9.17) is 5.11 Å². The Balaban J connectivity index is 1.94. The lowest BCUT2D eigenvalue weighted by Crippen LogP contribution is -2.22. The van der Waals surface area contributed by atoms with Gasteiger partial charge in [0.1, 0.15) is 0 Å². The van der Waals surface area contributed by atoms with Crippen molar-refractivity contribution in [3.05, 3.63) is 54.6 Å². The Morgan fingerprint density at radius 2 is 1.60 bits per heavy atom. The van der Waals surface area contributed by atoms with E-state index >= 15 is 0 Å². The maximum Gasteiger partial charge on any atom is 0.306 e. The van der Waals surface area contributed by atoms with Crippen molar-refractivity contribution in [3.63, 3.8) is 0 Å². The molecule has 0 fully saturated rings. The average molecular weight is 271 g/mol. The molecular weight excluding hydrogens is 254 g/mol. The molecule has 20 heavy (non-hydrogen) atoms. The second-order valence-corrected chi connectivity index (χ2v) is 4.58. The van der Waals surface area contributed by atoms with Crippen LogP contribution in [0.5, 0.6) is 0 Å². The van der Waals surface area contributed by atoms with Crippen LogP contribution in [0.25, 0.3) is 11.1 Å². The Morgan fingerprint density at radius 1 is 1.00 bits per heavy atom. The molecule has 3 N–H and O–H groups in total. The average Bonchev–Trinajstić information content (AvgIpc) is 2.46. The molecule has 1 unspecified atom stereocenters. The van der Waals surface area contributed by atoms with Crippen molar-refractivity contribution in [1.82, 2.24) is 0 Å². The number of aliphatic carboxylic acids is 1. The molecule has 0 aliphatic carbocycles. The number of aliphatic hydroxyl groups is 1. The highest BCUT2D eigenvalue weighted by molar-refractivity contribution is 5.67. The van der Waals surface area contributed by atoms with Crippen LogP contribution in [-0.2, 0) is 4.79 Å². The van der Waals surface area contributed by atoms with Crippen LogP contribution in [0.2, 0.25) is 0 Å². The molecule has 0 saturated carbocycles. The van der Waals surface area contributed by atoms with Gasteiger partial charge in [-0.05, 0) is 23.3 Å². The summed E-state index contributed by atoms with van der Waals surface area (Å²) >= 11 is 0. The number of carboxylic acids is 1. The van der Waals surface area contributed by atoms with E-state index in [-0.39, 0.29) is 13.0 Å². The SMILES string of the molecule is O=C(O)CC(O)CNc1ccc(-c2ccccc2)cc1. The van der Waals surface area contributed by atoms with Crippen LogP contribution in [0.3, 0.4) is 0 Å². The largest absolute Gasteiger partial charge is 0.481 e. The van der Waals surface area contributed by atoms with Gasteiger partial charge in [-0.1, -0.05) is 42.5 Å². The highest BCUT2D eigenvalue weighted by atomic mass is 16.4. The zero-order valence-electron chi connectivity index (χ0n) is 11.0. The number of carboxylic acid groups (broad SMARTS) is 1. The highest BCUT2D eigenvalue weighted by Gasteiger charge is 2.08. The van der Waals surface area contributed by atoms with Crippen LogP contribution < -0.4 is 5.32 Å². The summed E-state index contributed by atoms with van der Waals surface area (Å²) in [5.74, 6) is -1.00.